The summed E-state index contributed by atoms with van der Waals surface area (Å²) in [6, 6.07) is 2.06. The minimum atomic E-state index is -0.729. The van der Waals surface area contributed by atoms with Crippen LogP contribution in [0.1, 0.15) is 13.3 Å². The second-order valence-corrected chi connectivity index (χ2v) is 3.46. The van der Waals surface area contributed by atoms with Gasteiger partial charge in [-0.25, -0.2) is 13.6 Å². The van der Waals surface area contributed by atoms with Crippen molar-refractivity contribution in [1.29, 1.82) is 0 Å². The number of hydrogen-bond acceptors (Lipinski definition) is 2. The summed E-state index contributed by atoms with van der Waals surface area (Å²) in [5, 5.41) is 4.50. The number of urea groups is 1. The van der Waals surface area contributed by atoms with E-state index in [0.29, 0.717) is 0 Å². The fourth-order valence-corrected chi connectivity index (χ4v) is 1.11. The molecule has 0 spiro atoms. The Hall–Kier alpha value is -1.98. The van der Waals surface area contributed by atoms with Crippen molar-refractivity contribution in [3.8, 4) is 0 Å². The molecule has 2 N–H and O–H groups in total. The maximum Gasteiger partial charge on any atom is 0.319 e. The molecule has 1 aromatic carbocycles. The van der Waals surface area contributed by atoms with Crippen LogP contribution in [-0.2, 0) is 4.79 Å². The maximum absolute atomic E-state index is 13.1. The first-order valence-corrected chi connectivity index (χ1v) is 4.98. The van der Waals surface area contributed by atoms with Crippen molar-refractivity contribution in [2.24, 2.45) is 0 Å². The number of halogens is 2. The average Bonchev–Trinajstić information content (AvgIpc) is 2.23. The van der Waals surface area contributed by atoms with Gasteiger partial charge in [0.05, 0.1) is 5.69 Å². The van der Waals surface area contributed by atoms with Crippen LogP contribution in [0.4, 0.5) is 19.3 Å². The lowest BCUT2D eigenvalue weighted by Gasteiger charge is -2.07. The van der Waals surface area contributed by atoms with E-state index in [9.17, 15) is 18.4 Å². The molecule has 6 heteroatoms. The van der Waals surface area contributed by atoms with E-state index < -0.39 is 17.7 Å². The first kappa shape index (κ1) is 13.1. The van der Waals surface area contributed by atoms with Gasteiger partial charge in [0.1, 0.15) is 17.4 Å². The summed E-state index contributed by atoms with van der Waals surface area (Å²) < 4.78 is 25.9. The molecule has 0 radical (unpaired) electrons. The molecule has 0 saturated heterocycles. The molecule has 17 heavy (non-hydrogen) atoms. The van der Waals surface area contributed by atoms with Gasteiger partial charge in [0, 0.05) is 19.0 Å². The van der Waals surface area contributed by atoms with E-state index in [2.05, 4.69) is 10.6 Å². The largest absolute Gasteiger partial charge is 0.337 e. The molecule has 1 aromatic rings. The molecule has 0 aliphatic carbocycles. The molecule has 92 valence electrons. The monoisotopic (exact) mass is 242 g/mol. The quantitative estimate of drug-likeness (QED) is 0.849. The molecular weight excluding hydrogens is 230 g/mol. The van der Waals surface area contributed by atoms with E-state index in [-0.39, 0.29) is 24.4 Å². The normalized spacial score (nSPS) is 9.82. The minimum absolute atomic E-state index is 0.0674. The van der Waals surface area contributed by atoms with Gasteiger partial charge in [-0.1, -0.05) is 0 Å². The Balaban J connectivity index is 2.50. The summed E-state index contributed by atoms with van der Waals surface area (Å²) in [6.07, 6.45) is 0.194. The van der Waals surface area contributed by atoms with Crippen LogP contribution in [0.3, 0.4) is 0 Å². The molecule has 2 amide bonds. The molecule has 1 rings (SSSR count). The van der Waals surface area contributed by atoms with Gasteiger partial charge in [0.2, 0.25) is 0 Å². The van der Waals surface area contributed by atoms with Crippen LogP contribution in [0.25, 0.3) is 0 Å². The molecule has 0 aliphatic heterocycles. The molecule has 0 saturated carbocycles. The van der Waals surface area contributed by atoms with E-state index in [0.717, 1.165) is 18.2 Å². The van der Waals surface area contributed by atoms with Gasteiger partial charge in [-0.05, 0) is 19.1 Å². The summed E-state index contributed by atoms with van der Waals surface area (Å²) in [5.74, 6) is -1.44. The van der Waals surface area contributed by atoms with E-state index in [4.69, 9.17) is 0 Å². The van der Waals surface area contributed by atoms with Crippen LogP contribution >= 0.6 is 0 Å². The summed E-state index contributed by atoms with van der Waals surface area (Å²) in [7, 11) is 0. The van der Waals surface area contributed by atoms with Crippen molar-refractivity contribution in [3.63, 3.8) is 0 Å². The predicted octanol–water partition coefficient (Wildman–Crippen LogP) is 2.07. The van der Waals surface area contributed by atoms with Crippen LogP contribution in [0, 0.1) is 11.6 Å². The first-order chi connectivity index (χ1) is 7.99. The van der Waals surface area contributed by atoms with E-state index in [1.807, 2.05) is 0 Å². The minimum Gasteiger partial charge on any atom is -0.337 e. The zero-order chi connectivity index (χ0) is 12.8. The lowest BCUT2D eigenvalue weighted by atomic mass is 10.3. The van der Waals surface area contributed by atoms with Crippen LogP contribution in [-0.4, -0.2) is 18.4 Å². The fourth-order valence-electron chi connectivity index (χ4n) is 1.11. The third-order valence-corrected chi connectivity index (χ3v) is 1.94. The molecule has 0 aromatic heterocycles. The summed E-state index contributed by atoms with van der Waals surface area (Å²) in [5.41, 5.74) is -0.245. The Morgan fingerprint density at radius 2 is 2.00 bits per heavy atom. The van der Waals surface area contributed by atoms with Crippen LogP contribution in [0.15, 0.2) is 18.2 Å². The van der Waals surface area contributed by atoms with Gasteiger partial charge < -0.3 is 10.6 Å². The third-order valence-electron chi connectivity index (χ3n) is 1.94. The smallest absolute Gasteiger partial charge is 0.319 e. The number of anilines is 1. The van der Waals surface area contributed by atoms with Gasteiger partial charge in [0.15, 0.2) is 0 Å². The number of hydrogen-bond donors (Lipinski definition) is 2. The topological polar surface area (TPSA) is 58.2 Å². The zero-order valence-electron chi connectivity index (χ0n) is 9.22. The van der Waals surface area contributed by atoms with Crippen molar-refractivity contribution in [2.75, 3.05) is 11.9 Å². The lowest BCUT2D eigenvalue weighted by Crippen LogP contribution is -2.30. The second-order valence-electron chi connectivity index (χ2n) is 3.46. The molecule has 0 atom stereocenters. The number of carbonyl (C=O) groups is 2. The Bertz CT molecular complexity index is 435. The molecule has 0 aliphatic rings. The Kier molecular flexibility index (Phi) is 4.56. The molecule has 4 nitrogen and oxygen atoms in total. The highest BCUT2D eigenvalue weighted by Crippen LogP contribution is 2.14. The number of ketones is 1. The van der Waals surface area contributed by atoms with Crippen LogP contribution < -0.4 is 10.6 Å². The van der Waals surface area contributed by atoms with Crippen LogP contribution in [0.2, 0.25) is 0 Å². The number of carbonyl (C=O) groups excluding carboxylic acids is 2. The Morgan fingerprint density at radius 3 is 2.65 bits per heavy atom. The Morgan fingerprint density at radius 1 is 1.29 bits per heavy atom. The van der Waals surface area contributed by atoms with E-state index in [1.54, 1.807) is 0 Å². The van der Waals surface area contributed by atoms with Gasteiger partial charge in [0.25, 0.3) is 0 Å². The maximum atomic E-state index is 13.1. The SMILES string of the molecule is CC(=O)CCNC(=O)Nc1cc(F)ccc1F. The number of Topliss-reactive ketones (excluding diaryl/α,β-unsaturated/α-hetero) is 1. The summed E-state index contributed by atoms with van der Waals surface area (Å²) in [6.45, 7) is 1.55. The van der Waals surface area contributed by atoms with Gasteiger partial charge in [-0.2, -0.15) is 0 Å². The first-order valence-electron chi connectivity index (χ1n) is 4.98. The highest BCUT2D eigenvalue weighted by atomic mass is 19.1. The lowest BCUT2D eigenvalue weighted by molar-refractivity contribution is -0.116. The third kappa shape index (κ3) is 4.58. The second kappa shape index (κ2) is 5.93. The molecule has 0 unspecified atom stereocenters. The number of benzene rings is 1. The molecule has 0 fully saturated rings. The zero-order valence-corrected chi connectivity index (χ0v) is 9.22. The van der Waals surface area contributed by atoms with Crippen molar-refractivity contribution >= 4 is 17.5 Å². The summed E-state index contributed by atoms with van der Waals surface area (Å²) >= 11 is 0. The van der Waals surface area contributed by atoms with Crippen molar-refractivity contribution in [3.05, 3.63) is 29.8 Å². The highest BCUT2D eigenvalue weighted by molar-refractivity contribution is 5.89. The summed E-state index contributed by atoms with van der Waals surface area (Å²) in [4.78, 5) is 21.8. The van der Waals surface area contributed by atoms with Crippen molar-refractivity contribution in [1.82, 2.24) is 5.32 Å². The van der Waals surface area contributed by atoms with Crippen LogP contribution in [0.5, 0.6) is 0 Å². The number of nitrogens with one attached hydrogen (secondary N) is 2. The molecule has 0 bridgehead atoms. The molecule has 0 heterocycles. The van der Waals surface area contributed by atoms with Crippen molar-refractivity contribution in [2.45, 2.75) is 13.3 Å². The van der Waals surface area contributed by atoms with Gasteiger partial charge in [-0.3, -0.25) is 4.79 Å². The van der Waals surface area contributed by atoms with E-state index >= 15 is 0 Å². The fraction of sp³-hybridized carbons (Fsp3) is 0.273. The molecular formula is C11H12F2N2O2. The van der Waals surface area contributed by atoms with E-state index in [1.165, 1.54) is 6.92 Å². The highest BCUT2D eigenvalue weighted by Gasteiger charge is 2.07. The average molecular weight is 242 g/mol. The van der Waals surface area contributed by atoms with Gasteiger partial charge >= 0.3 is 6.03 Å². The standard InChI is InChI=1S/C11H12F2N2O2/c1-7(16)4-5-14-11(17)15-10-6-8(12)2-3-9(10)13/h2-3,6H,4-5H2,1H3,(H2,14,15,17). The number of amides is 2. The van der Waals surface area contributed by atoms with Crippen molar-refractivity contribution < 1.29 is 18.4 Å². The van der Waals surface area contributed by atoms with Gasteiger partial charge in [-0.15, -0.1) is 0 Å². The predicted molar refractivity (Wildman–Crippen MR) is 58.7 cm³/mol. The Labute approximate surface area is 97.0 Å². The number of rotatable bonds is 4.